The Balaban J connectivity index is 2.49. The van der Waals surface area contributed by atoms with Crippen molar-refractivity contribution >= 4 is 22.1 Å². The van der Waals surface area contributed by atoms with Gasteiger partial charge in [0.2, 0.25) is 0 Å². The zero-order chi connectivity index (χ0) is 10.2. The fourth-order valence-electron chi connectivity index (χ4n) is 1.22. The van der Waals surface area contributed by atoms with E-state index in [0.717, 1.165) is 11.1 Å². The van der Waals surface area contributed by atoms with E-state index in [1.807, 2.05) is 25.1 Å². The van der Waals surface area contributed by atoms with E-state index in [0.29, 0.717) is 5.71 Å². The van der Waals surface area contributed by atoms with Crippen LogP contribution < -0.4 is 0 Å². The molecule has 0 saturated carbocycles. The lowest BCUT2D eigenvalue weighted by Crippen LogP contribution is -1.99. The molecule has 0 aromatic heterocycles. The highest BCUT2D eigenvalue weighted by atomic mass is 32.2. The lowest BCUT2D eigenvalue weighted by molar-refractivity contribution is 0.601. The number of hydrogen-bond acceptors (Lipinski definition) is 2. The lowest BCUT2D eigenvalue weighted by Gasteiger charge is -1.97. The van der Waals surface area contributed by atoms with Crippen LogP contribution in [0.3, 0.4) is 0 Å². The summed E-state index contributed by atoms with van der Waals surface area (Å²) in [5.41, 5.74) is 2.23. The highest BCUT2D eigenvalue weighted by Gasteiger charge is 2.15. The topological polar surface area (TPSA) is 58.9 Å². The van der Waals surface area contributed by atoms with Crippen LogP contribution in [-0.4, -0.2) is 20.3 Å². The van der Waals surface area contributed by atoms with Gasteiger partial charge in [0.05, 0.1) is 6.21 Å². The largest absolute Gasteiger partial charge is 0.363 e. The van der Waals surface area contributed by atoms with Gasteiger partial charge in [-0.05, 0) is 13.0 Å². The summed E-state index contributed by atoms with van der Waals surface area (Å²) in [5, 5.41) is 0. The van der Waals surface area contributed by atoms with Gasteiger partial charge in [-0.1, -0.05) is 23.8 Å². The predicted octanol–water partition coefficient (Wildman–Crippen LogP) is 1.11. The maximum absolute atomic E-state index is 10.9. The highest BCUT2D eigenvalue weighted by molar-refractivity contribution is 7.89. The maximum Gasteiger partial charge on any atom is 0.363 e. The van der Waals surface area contributed by atoms with E-state index in [1.165, 1.54) is 6.21 Å². The van der Waals surface area contributed by atoms with Crippen LogP contribution in [0.5, 0.6) is 0 Å². The van der Waals surface area contributed by atoms with Gasteiger partial charge in [-0.15, -0.1) is 8.80 Å². The van der Waals surface area contributed by atoms with E-state index in [2.05, 4.69) is 8.80 Å². The van der Waals surface area contributed by atoms with Gasteiger partial charge in [-0.2, -0.15) is 8.42 Å². The van der Waals surface area contributed by atoms with Crippen LogP contribution in [0.4, 0.5) is 0 Å². The van der Waals surface area contributed by atoms with Gasteiger partial charge in [0.1, 0.15) is 5.71 Å². The molecule has 5 heteroatoms. The van der Waals surface area contributed by atoms with E-state index < -0.39 is 10.2 Å². The first kappa shape index (κ1) is 9.08. The summed E-state index contributed by atoms with van der Waals surface area (Å²) in [6, 6.07) is 7.46. The van der Waals surface area contributed by atoms with Crippen LogP contribution in [0.2, 0.25) is 0 Å². The van der Waals surface area contributed by atoms with E-state index in [9.17, 15) is 8.42 Å². The van der Waals surface area contributed by atoms with Crippen LogP contribution in [-0.2, 0) is 10.2 Å². The summed E-state index contributed by atoms with van der Waals surface area (Å²) in [4.78, 5) is 0. The second-order valence-electron chi connectivity index (χ2n) is 3.03. The Morgan fingerprint density at radius 1 is 1.29 bits per heavy atom. The minimum Gasteiger partial charge on any atom is -0.179 e. The Hall–Kier alpha value is -1.49. The number of hydrogen-bond donors (Lipinski definition) is 0. The number of rotatable bonds is 1. The summed E-state index contributed by atoms with van der Waals surface area (Å²) in [5.74, 6) is 0. The van der Waals surface area contributed by atoms with Crippen molar-refractivity contribution < 1.29 is 8.42 Å². The third-order valence-corrected chi connectivity index (χ3v) is 2.63. The summed E-state index contributed by atoms with van der Waals surface area (Å²) in [6.07, 6.45) is 1.27. The Bertz CT molecular complexity index is 529. The molecule has 72 valence electrons. The Kier molecular flexibility index (Phi) is 1.96. The van der Waals surface area contributed by atoms with E-state index >= 15 is 0 Å². The summed E-state index contributed by atoms with van der Waals surface area (Å²) in [7, 11) is -3.60. The van der Waals surface area contributed by atoms with Crippen LogP contribution in [0, 0.1) is 6.92 Å². The van der Waals surface area contributed by atoms with Crippen molar-refractivity contribution in [2.24, 2.45) is 8.80 Å². The summed E-state index contributed by atoms with van der Waals surface area (Å²) >= 11 is 0. The number of aryl methyl sites for hydroxylation is 1. The van der Waals surface area contributed by atoms with Crippen molar-refractivity contribution in [1.29, 1.82) is 0 Å². The average Bonchev–Trinajstić information content (AvgIpc) is 2.46. The lowest BCUT2D eigenvalue weighted by atomic mass is 10.1. The smallest absolute Gasteiger partial charge is 0.179 e. The molecule has 1 aliphatic heterocycles. The molecule has 0 unspecified atom stereocenters. The fourth-order valence-corrected chi connectivity index (χ4v) is 1.90. The molecule has 0 N–H and O–H groups in total. The van der Waals surface area contributed by atoms with E-state index in [4.69, 9.17) is 0 Å². The normalized spacial score (nSPS) is 18.2. The van der Waals surface area contributed by atoms with Crippen LogP contribution in [0.15, 0.2) is 33.1 Å². The van der Waals surface area contributed by atoms with Gasteiger partial charge in [0, 0.05) is 5.56 Å². The first-order chi connectivity index (χ1) is 6.57. The SMILES string of the molecule is Cc1cccc(C2=NS(=O)(=O)N=C2)c1. The molecule has 0 radical (unpaired) electrons. The molecule has 1 aliphatic rings. The van der Waals surface area contributed by atoms with Gasteiger partial charge in [-0.25, -0.2) is 0 Å². The molecular weight excluding hydrogens is 200 g/mol. The molecule has 2 rings (SSSR count). The van der Waals surface area contributed by atoms with Crippen molar-refractivity contribution in [2.45, 2.75) is 6.92 Å². The Labute approximate surface area is 82.2 Å². The summed E-state index contributed by atoms with van der Waals surface area (Å²) < 4.78 is 28.6. The van der Waals surface area contributed by atoms with Gasteiger partial charge >= 0.3 is 10.2 Å². The summed E-state index contributed by atoms with van der Waals surface area (Å²) in [6.45, 7) is 1.94. The van der Waals surface area contributed by atoms with Gasteiger partial charge in [0.25, 0.3) is 0 Å². The van der Waals surface area contributed by atoms with Crippen molar-refractivity contribution in [3.8, 4) is 0 Å². The fraction of sp³-hybridized carbons (Fsp3) is 0.111. The Morgan fingerprint density at radius 2 is 2.07 bits per heavy atom. The van der Waals surface area contributed by atoms with E-state index in [1.54, 1.807) is 6.07 Å². The molecule has 0 amide bonds. The molecule has 0 atom stereocenters. The highest BCUT2D eigenvalue weighted by Crippen LogP contribution is 2.10. The standard InChI is InChI=1S/C9H8N2O2S/c1-7-3-2-4-8(5-7)9-6-10-14(12,13)11-9/h2-6H,1H3. The van der Waals surface area contributed by atoms with Crippen LogP contribution in [0.1, 0.15) is 11.1 Å². The predicted molar refractivity (Wildman–Crippen MR) is 55.1 cm³/mol. The molecule has 0 aliphatic carbocycles. The van der Waals surface area contributed by atoms with Gasteiger partial charge in [0.15, 0.2) is 0 Å². The molecular formula is C9H8N2O2S. The maximum atomic E-state index is 10.9. The van der Waals surface area contributed by atoms with Crippen molar-refractivity contribution in [3.05, 3.63) is 35.4 Å². The van der Waals surface area contributed by atoms with E-state index in [-0.39, 0.29) is 0 Å². The second-order valence-corrected chi connectivity index (χ2v) is 4.32. The average molecular weight is 208 g/mol. The minimum atomic E-state index is -3.60. The third-order valence-electron chi connectivity index (χ3n) is 1.84. The molecule has 1 aromatic carbocycles. The first-order valence-electron chi connectivity index (χ1n) is 4.04. The number of nitrogens with zero attached hydrogens (tertiary/aromatic N) is 2. The Morgan fingerprint density at radius 3 is 2.64 bits per heavy atom. The molecule has 0 fully saturated rings. The first-order valence-corrected chi connectivity index (χ1v) is 5.44. The number of benzene rings is 1. The van der Waals surface area contributed by atoms with Gasteiger partial charge < -0.3 is 0 Å². The van der Waals surface area contributed by atoms with Crippen LogP contribution in [0.25, 0.3) is 0 Å². The van der Waals surface area contributed by atoms with Crippen molar-refractivity contribution in [1.82, 2.24) is 0 Å². The quantitative estimate of drug-likeness (QED) is 0.694. The van der Waals surface area contributed by atoms with Gasteiger partial charge in [-0.3, -0.25) is 0 Å². The molecule has 0 saturated heterocycles. The van der Waals surface area contributed by atoms with Crippen LogP contribution >= 0.6 is 0 Å². The van der Waals surface area contributed by atoms with Crippen molar-refractivity contribution in [2.75, 3.05) is 0 Å². The zero-order valence-electron chi connectivity index (χ0n) is 7.51. The monoisotopic (exact) mass is 208 g/mol. The molecule has 1 aromatic rings. The second kappa shape index (κ2) is 3.02. The molecule has 1 heterocycles. The molecule has 4 nitrogen and oxygen atoms in total. The molecule has 0 spiro atoms. The zero-order valence-corrected chi connectivity index (χ0v) is 8.32. The molecule has 0 bridgehead atoms. The minimum absolute atomic E-state index is 0.397. The molecule has 14 heavy (non-hydrogen) atoms. The van der Waals surface area contributed by atoms with Crippen molar-refractivity contribution in [3.63, 3.8) is 0 Å². The third kappa shape index (κ3) is 1.72.